The van der Waals surface area contributed by atoms with Gasteiger partial charge in [-0.25, -0.2) is 0 Å². The molecule has 0 radical (unpaired) electrons. The highest BCUT2D eigenvalue weighted by Gasteiger charge is 2.53. The van der Waals surface area contributed by atoms with E-state index in [1.54, 1.807) is 0 Å². The summed E-state index contributed by atoms with van der Waals surface area (Å²) in [6, 6.07) is 0. The average molecular weight is 353 g/mol. The van der Waals surface area contributed by atoms with Crippen LogP contribution < -0.4 is 5.32 Å². The highest BCUT2D eigenvalue weighted by molar-refractivity contribution is 14.0. The Morgan fingerprint density at radius 2 is 1.82 bits per heavy atom. The lowest BCUT2D eigenvalue weighted by Gasteiger charge is -2.62. The predicted octanol–water partition coefficient (Wildman–Crippen LogP) is 2.96. The van der Waals surface area contributed by atoms with Crippen LogP contribution in [0.5, 0.6) is 0 Å². The highest BCUT2D eigenvalue weighted by Crippen LogP contribution is 2.46. The number of hydrogen-bond acceptors (Lipinski definition) is 1. The number of halogens is 1. The molecule has 1 saturated heterocycles. The normalized spacial score (nSPS) is 21.9. The van der Waals surface area contributed by atoms with Crippen LogP contribution in [0, 0.1) is 11.3 Å². The Bertz CT molecular complexity index is 282. The predicted molar refractivity (Wildman–Crippen MR) is 86.2 cm³/mol. The number of nitrogens with zero attached hydrogens (tertiary/aromatic N) is 2. The van der Waals surface area contributed by atoms with Crippen molar-refractivity contribution in [3.8, 4) is 0 Å². The van der Waals surface area contributed by atoms with Crippen molar-refractivity contribution in [1.29, 1.82) is 0 Å². The van der Waals surface area contributed by atoms with E-state index >= 15 is 0 Å². The smallest absolute Gasteiger partial charge is 0.194 e. The summed E-state index contributed by atoms with van der Waals surface area (Å²) in [5, 5.41) is 3.44. The van der Waals surface area contributed by atoms with Crippen LogP contribution >= 0.6 is 24.0 Å². The van der Waals surface area contributed by atoms with Crippen molar-refractivity contribution in [3.05, 3.63) is 0 Å². The largest absolute Gasteiger partial charge is 0.356 e. The zero-order valence-electron chi connectivity index (χ0n) is 12.3. The van der Waals surface area contributed by atoms with Gasteiger partial charge in [-0.2, -0.15) is 0 Å². The number of guanidine groups is 1. The molecule has 4 heteroatoms. The van der Waals surface area contributed by atoms with Crippen molar-refractivity contribution in [2.24, 2.45) is 16.3 Å². The molecule has 0 spiro atoms. The minimum absolute atomic E-state index is 0. The average Bonchev–Trinajstić information content (AvgIpc) is 2.16. The molecule has 0 aromatic carbocycles. The third kappa shape index (κ3) is 3.26. The first kappa shape index (κ1) is 17.0. The fraction of sp³-hybridized carbons (Fsp3) is 0.923. The van der Waals surface area contributed by atoms with Crippen LogP contribution in [0.25, 0.3) is 0 Å². The molecule has 0 aromatic heterocycles. The number of nitrogens with one attached hydrogen (secondary N) is 1. The van der Waals surface area contributed by atoms with Crippen LogP contribution in [0.3, 0.4) is 0 Å². The SMILES string of the molecule is CN=C(NCC(C)C)N1CC(C)(C)C1(C)C.I. The fourth-order valence-electron chi connectivity index (χ4n) is 1.99. The van der Waals surface area contributed by atoms with Crippen LogP contribution in [0.2, 0.25) is 0 Å². The Labute approximate surface area is 123 Å². The number of likely N-dealkylation sites (tertiary alicyclic amines) is 1. The Morgan fingerprint density at radius 1 is 1.29 bits per heavy atom. The van der Waals surface area contributed by atoms with Gasteiger partial charge in [-0.05, 0) is 19.8 Å². The summed E-state index contributed by atoms with van der Waals surface area (Å²) < 4.78 is 0. The zero-order valence-corrected chi connectivity index (χ0v) is 14.6. The van der Waals surface area contributed by atoms with Gasteiger partial charge in [-0.1, -0.05) is 27.7 Å². The van der Waals surface area contributed by atoms with Gasteiger partial charge in [-0.3, -0.25) is 4.99 Å². The lowest BCUT2D eigenvalue weighted by atomic mass is 9.65. The summed E-state index contributed by atoms with van der Waals surface area (Å²) in [5.74, 6) is 1.69. The molecule has 0 saturated carbocycles. The molecule has 0 aliphatic carbocycles. The maximum absolute atomic E-state index is 4.37. The van der Waals surface area contributed by atoms with Gasteiger partial charge in [0.05, 0.1) is 0 Å². The summed E-state index contributed by atoms with van der Waals surface area (Å²) >= 11 is 0. The van der Waals surface area contributed by atoms with Gasteiger partial charge in [0.2, 0.25) is 0 Å². The lowest BCUT2D eigenvalue weighted by molar-refractivity contribution is -0.0667. The van der Waals surface area contributed by atoms with Crippen molar-refractivity contribution in [3.63, 3.8) is 0 Å². The zero-order chi connectivity index (χ0) is 12.6. The van der Waals surface area contributed by atoms with Crippen LogP contribution in [0.1, 0.15) is 41.5 Å². The van der Waals surface area contributed by atoms with Crippen molar-refractivity contribution in [2.45, 2.75) is 47.1 Å². The van der Waals surface area contributed by atoms with Gasteiger partial charge in [0, 0.05) is 31.1 Å². The quantitative estimate of drug-likeness (QED) is 0.470. The third-order valence-corrected chi connectivity index (χ3v) is 4.02. The molecule has 0 amide bonds. The van der Waals surface area contributed by atoms with Gasteiger partial charge in [-0.15, -0.1) is 24.0 Å². The van der Waals surface area contributed by atoms with Crippen LogP contribution in [-0.4, -0.2) is 36.5 Å². The summed E-state index contributed by atoms with van der Waals surface area (Å²) in [7, 11) is 1.87. The molecule has 1 aliphatic heterocycles. The second-order valence-electron chi connectivity index (χ2n) is 6.35. The topological polar surface area (TPSA) is 27.6 Å². The number of hydrogen-bond donors (Lipinski definition) is 1. The standard InChI is InChI=1S/C13H27N3.HI/c1-10(2)8-15-11(14-7)16-9-12(3,4)13(16,5)6;/h10H,8-9H2,1-7H3,(H,14,15);1H. The second-order valence-corrected chi connectivity index (χ2v) is 6.35. The van der Waals surface area contributed by atoms with E-state index in [2.05, 4.69) is 56.8 Å². The third-order valence-electron chi connectivity index (χ3n) is 4.02. The van der Waals surface area contributed by atoms with Gasteiger partial charge >= 0.3 is 0 Å². The van der Waals surface area contributed by atoms with Crippen molar-refractivity contribution in [1.82, 2.24) is 10.2 Å². The molecule has 102 valence electrons. The minimum atomic E-state index is 0. The Balaban J connectivity index is 0.00000256. The van der Waals surface area contributed by atoms with E-state index in [0.717, 1.165) is 19.0 Å². The van der Waals surface area contributed by atoms with E-state index in [9.17, 15) is 0 Å². The first-order chi connectivity index (χ1) is 7.22. The van der Waals surface area contributed by atoms with E-state index < -0.39 is 0 Å². The molecule has 0 atom stereocenters. The number of aliphatic imine (C=N–C) groups is 1. The summed E-state index contributed by atoms with van der Waals surface area (Å²) in [4.78, 5) is 6.75. The van der Waals surface area contributed by atoms with Gasteiger partial charge in [0.25, 0.3) is 0 Å². The van der Waals surface area contributed by atoms with Crippen molar-refractivity contribution >= 4 is 29.9 Å². The monoisotopic (exact) mass is 353 g/mol. The second kappa shape index (κ2) is 5.76. The first-order valence-electron chi connectivity index (χ1n) is 6.20. The molecule has 0 unspecified atom stereocenters. The van der Waals surface area contributed by atoms with E-state index in [0.29, 0.717) is 11.3 Å². The molecule has 1 aliphatic rings. The fourth-order valence-corrected chi connectivity index (χ4v) is 1.99. The molecule has 0 aromatic rings. The molecular weight excluding hydrogens is 325 g/mol. The summed E-state index contributed by atoms with van der Waals surface area (Å²) in [6.07, 6.45) is 0. The van der Waals surface area contributed by atoms with Gasteiger partial charge < -0.3 is 10.2 Å². The van der Waals surface area contributed by atoms with E-state index in [4.69, 9.17) is 0 Å². The van der Waals surface area contributed by atoms with Gasteiger partial charge in [0.15, 0.2) is 5.96 Å². The molecule has 1 heterocycles. The molecule has 0 bridgehead atoms. The summed E-state index contributed by atoms with van der Waals surface area (Å²) in [6.45, 7) is 15.7. The molecular formula is C13H28IN3. The van der Waals surface area contributed by atoms with Crippen LogP contribution in [0.15, 0.2) is 4.99 Å². The van der Waals surface area contributed by atoms with Crippen LogP contribution in [-0.2, 0) is 0 Å². The summed E-state index contributed by atoms with van der Waals surface area (Å²) in [5.41, 5.74) is 0.550. The van der Waals surface area contributed by atoms with E-state index in [-0.39, 0.29) is 29.5 Å². The molecule has 1 rings (SSSR count). The molecule has 17 heavy (non-hydrogen) atoms. The number of rotatable bonds is 2. The van der Waals surface area contributed by atoms with E-state index in [1.807, 2.05) is 7.05 Å². The van der Waals surface area contributed by atoms with Gasteiger partial charge in [0.1, 0.15) is 0 Å². The minimum Gasteiger partial charge on any atom is -0.356 e. The highest BCUT2D eigenvalue weighted by atomic mass is 127. The van der Waals surface area contributed by atoms with Crippen molar-refractivity contribution in [2.75, 3.05) is 20.1 Å². The Kier molecular flexibility index (Phi) is 5.76. The molecule has 1 N–H and O–H groups in total. The van der Waals surface area contributed by atoms with Crippen LogP contribution in [0.4, 0.5) is 0 Å². The lowest BCUT2D eigenvalue weighted by Crippen LogP contribution is -2.72. The Hall–Kier alpha value is 0. The van der Waals surface area contributed by atoms with Crippen molar-refractivity contribution < 1.29 is 0 Å². The molecule has 1 fully saturated rings. The maximum atomic E-state index is 4.37. The first-order valence-corrected chi connectivity index (χ1v) is 6.20. The maximum Gasteiger partial charge on any atom is 0.194 e. The Morgan fingerprint density at radius 3 is 2.12 bits per heavy atom. The van der Waals surface area contributed by atoms with E-state index in [1.165, 1.54) is 0 Å². The molecule has 3 nitrogen and oxygen atoms in total.